The molecule has 0 aromatic heterocycles. The van der Waals surface area contributed by atoms with Gasteiger partial charge >= 0.3 is 5.97 Å². The van der Waals surface area contributed by atoms with Crippen LogP contribution < -0.4 is 9.64 Å². The molecule has 1 N–H and O–H groups in total. The monoisotopic (exact) mass is 371 g/mol. The van der Waals surface area contributed by atoms with Gasteiger partial charge in [-0.1, -0.05) is 30.3 Å². The lowest BCUT2D eigenvalue weighted by Crippen LogP contribution is -2.41. The quantitative estimate of drug-likeness (QED) is 0.731. The predicted octanol–water partition coefficient (Wildman–Crippen LogP) is 3.36. The average Bonchev–Trinajstić information content (AvgIpc) is 2.66. The Morgan fingerprint density at radius 3 is 2.26 bits per heavy atom. The molecule has 2 aromatic carbocycles. The summed E-state index contributed by atoms with van der Waals surface area (Å²) in [5.41, 5.74) is 1.06. The van der Waals surface area contributed by atoms with Crippen LogP contribution in [0.25, 0.3) is 0 Å². The van der Waals surface area contributed by atoms with Gasteiger partial charge in [-0.2, -0.15) is 0 Å². The number of carboxylic acid groups (broad SMARTS) is 1. The number of nitrogens with zero attached hydrogens (tertiary/aromatic N) is 1. The Labute approximate surface area is 159 Å². The van der Waals surface area contributed by atoms with E-state index in [1.54, 1.807) is 36.2 Å². The third-order valence-electron chi connectivity index (χ3n) is 4.04. The van der Waals surface area contributed by atoms with Gasteiger partial charge in [-0.15, -0.1) is 0 Å². The number of hydrogen-bond acceptors (Lipinski definition) is 4. The second-order valence-corrected chi connectivity index (χ2v) is 6.90. The molecule has 0 spiro atoms. The first kappa shape index (κ1) is 20.5. The average molecular weight is 371 g/mol. The minimum Gasteiger partial charge on any atom is -0.482 e. The molecule has 0 aliphatic carbocycles. The molecule has 2 rings (SSSR count). The first-order valence-corrected chi connectivity index (χ1v) is 8.64. The molecule has 6 heteroatoms. The molecule has 6 nitrogen and oxygen atoms in total. The molecule has 0 bridgehead atoms. The van der Waals surface area contributed by atoms with E-state index in [2.05, 4.69) is 0 Å². The summed E-state index contributed by atoms with van der Waals surface area (Å²) in [6.45, 7) is 4.05. The zero-order valence-corrected chi connectivity index (χ0v) is 15.8. The van der Waals surface area contributed by atoms with Crippen molar-refractivity contribution in [2.75, 3.05) is 25.2 Å². The van der Waals surface area contributed by atoms with Crippen LogP contribution in [-0.4, -0.2) is 37.2 Å². The molecule has 0 radical (unpaired) electrons. The summed E-state index contributed by atoms with van der Waals surface area (Å²) < 4.78 is 10.8. The van der Waals surface area contributed by atoms with E-state index in [1.165, 1.54) is 0 Å². The number of rotatable bonds is 9. The van der Waals surface area contributed by atoms with Crippen LogP contribution in [0.15, 0.2) is 54.6 Å². The highest BCUT2D eigenvalue weighted by Crippen LogP contribution is 2.25. The Balaban J connectivity index is 1.92. The highest BCUT2D eigenvalue weighted by atomic mass is 16.5. The van der Waals surface area contributed by atoms with Gasteiger partial charge < -0.3 is 19.5 Å². The van der Waals surface area contributed by atoms with Gasteiger partial charge in [-0.25, -0.2) is 4.79 Å². The van der Waals surface area contributed by atoms with Crippen molar-refractivity contribution in [3.8, 4) is 5.75 Å². The summed E-state index contributed by atoms with van der Waals surface area (Å²) in [4.78, 5) is 24.9. The molecule has 1 amide bonds. The van der Waals surface area contributed by atoms with Gasteiger partial charge in [0, 0.05) is 12.7 Å². The Hall–Kier alpha value is -2.86. The number of anilines is 1. The van der Waals surface area contributed by atoms with Gasteiger partial charge in [0.05, 0.1) is 18.6 Å². The minimum atomic E-state index is -1.04. The summed E-state index contributed by atoms with van der Waals surface area (Å²) in [6, 6.07) is 16.5. The van der Waals surface area contributed by atoms with Gasteiger partial charge in [-0.05, 0) is 43.7 Å². The Morgan fingerprint density at radius 2 is 1.67 bits per heavy atom. The number of amides is 1. The zero-order valence-electron chi connectivity index (χ0n) is 15.8. The molecule has 0 aliphatic rings. The smallest absolute Gasteiger partial charge is 0.341 e. The van der Waals surface area contributed by atoms with E-state index in [0.29, 0.717) is 24.7 Å². The SMILES string of the molecule is CN(C(=O)C(C)(C)COCc1ccccc1)c1ccc(OCC(=O)O)cc1. The highest BCUT2D eigenvalue weighted by Gasteiger charge is 2.31. The largest absolute Gasteiger partial charge is 0.482 e. The van der Waals surface area contributed by atoms with Crippen LogP contribution in [-0.2, 0) is 20.9 Å². The molecule has 27 heavy (non-hydrogen) atoms. The molecule has 0 heterocycles. The maximum absolute atomic E-state index is 12.8. The van der Waals surface area contributed by atoms with Crippen molar-refractivity contribution < 1.29 is 24.2 Å². The Kier molecular flexibility index (Phi) is 6.96. The van der Waals surface area contributed by atoms with Gasteiger partial charge in [-0.3, -0.25) is 4.79 Å². The third kappa shape index (κ3) is 6.11. The highest BCUT2D eigenvalue weighted by molar-refractivity contribution is 5.96. The summed E-state index contributed by atoms with van der Waals surface area (Å²) in [7, 11) is 1.70. The van der Waals surface area contributed by atoms with Gasteiger partial charge in [0.1, 0.15) is 5.75 Å². The summed E-state index contributed by atoms with van der Waals surface area (Å²) in [5.74, 6) is -0.675. The van der Waals surface area contributed by atoms with Gasteiger partial charge in [0.2, 0.25) is 5.91 Å². The fourth-order valence-electron chi connectivity index (χ4n) is 2.54. The number of carbonyl (C=O) groups is 2. The van der Waals surface area contributed by atoms with Crippen LogP contribution in [0.2, 0.25) is 0 Å². The van der Waals surface area contributed by atoms with Crippen molar-refractivity contribution >= 4 is 17.6 Å². The van der Waals surface area contributed by atoms with Crippen molar-refractivity contribution in [1.82, 2.24) is 0 Å². The number of aliphatic carboxylic acids is 1. The van der Waals surface area contributed by atoms with Crippen molar-refractivity contribution in [3.05, 3.63) is 60.2 Å². The normalized spacial score (nSPS) is 11.1. The summed E-state index contributed by atoms with van der Waals surface area (Å²) >= 11 is 0. The van der Waals surface area contributed by atoms with Gasteiger partial charge in [0.15, 0.2) is 6.61 Å². The minimum absolute atomic E-state index is 0.0743. The summed E-state index contributed by atoms with van der Waals surface area (Å²) in [6.07, 6.45) is 0. The van der Waals surface area contributed by atoms with Gasteiger partial charge in [0.25, 0.3) is 0 Å². The zero-order chi connectivity index (χ0) is 19.9. The first-order chi connectivity index (χ1) is 12.8. The number of carbonyl (C=O) groups excluding carboxylic acids is 1. The van der Waals surface area contributed by atoms with E-state index < -0.39 is 18.0 Å². The van der Waals surface area contributed by atoms with Crippen LogP contribution in [0.4, 0.5) is 5.69 Å². The van der Waals surface area contributed by atoms with Crippen LogP contribution >= 0.6 is 0 Å². The lowest BCUT2D eigenvalue weighted by atomic mass is 9.92. The van der Waals surface area contributed by atoms with E-state index in [9.17, 15) is 9.59 Å². The molecule has 0 saturated carbocycles. The van der Waals surface area contributed by atoms with Crippen LogP contribution in [0.5, 0.6) is 5.75 Å². The van der Waals surface area contributed by atoms with Crippen molar-refractivity contribution in [2.24, 2.45) is 5.41 Å². The van der Waals surface area contributed by atoms with E-state index >= 15 is 0 Å². The van der Waals surface area contributed by atoms with E-state index in [4.69, 9.17) is 14.6 Å². The topological polar surface area (TPSA) is 76.1 Å². The molecule has 2 aromatic rings. The van der Waals surface area contributed by atoms with Crippen molar-refractivity contribution in [1.29, 1.82) is 0 Å². The molecule has 0 aliphatic heterocycles. The number of carboxylic acids is 1. The number of ether oxygens (including phenoxy) is 2. The van der Waals surface area contributed by atoms with E-state index in [0.717, 1.165) is 5.56 Å². The second kappa shape index (κ2) is 9.19. The summed E-state index contributed by atoms with van der Waals surface area (Å²) in [5, 5.41) is 8.63. The fourth-order valence-corrected chi connectivity index (χ4v) is 2.54. The lowest BCUT2D eigenvalue weighted by molar-refractivity contribution is -0.139. The molecule has 0 unspecified atom stereocenters. The maximum atomic E-state index is 12.8. The van der Waals surface area contributed by atoms with Crippen molar-refractivity contribution in [2.45, 2.75) is 20.5 Å². The molecule has 0 atom stereocenters. The third-order valence-corrected chi connectivity index (χ3v) is 4.04. The van der Waals surface area contributed by atoms with E-state index in [-0.39, 0.29) is 5.91 Å². The Morgan fingerprint density at radius 1 is 1.04 bits per heavy atom. The van der Waals surface area contributed by atoms with Crippen molar-refractivity contribution in [3.63, 3.8) is 0 Å². The fraction of sp³-hybridized carbons (Fsp3) is 0.333. The molecular formula is C21H25NO5. The standard InChI is InChI=1S/C21H25NO5/c1-21(2,15-26-13-16-7-5-4-6-8-16)20(25)22(3)17-9-11-18(12-10-17)27-14-19(23)24/h4-12H,13-15H2,1-3H3,(H,23,24). The van der Waals surface area contributed by atoms with Crippen LogP contribution in [0.1, 0.15) is 19.4 Å². The Bertz CT molecular complexity index is 756. The lowest BCUT2D eigenvalue weighted by Gasteiger charge is -2.29. The predicted molar refractivity (Wildman–Crippen MR) is 103 cm³/mol. The number of hydrogen-bond donors (Lipinski definition) is 1. The van der Waals surface area contributed by atoms with E-state index in [1.807, 2.05) is 44.2 Å². The molecule has 0 fully saturated rings. The molecule has 0 saturated heterocycles. The first-order valence-electron chi connectivity index (χ1n) is 8.64. The molecule has 144 valence electrons. The molecular weight excluding hydrogens is 346 g/mol. The second-order valence-electron chi connectivity index (χ2n) is 6.90. The van der Waals surface area contributed by atoms with Crippen LogP contribution in [0.3, 0.4) is 0 Å². The maximum Gasteiger partial charge on any atom is 0.341 e. The van der Waals surface area contributed by atoms with Crippen LogP contribution in [0, 0.1) is 5.41 Å². The number of benzene rings is 2.